The topological polar surface area (TPSA) is 125 Å². The number of carbonyl (C=O) groups is 2. The highest BCUT2D eigenvalue weighted by Crippen LogP contribution is 2.42. The van der Waals surface area contributed by atoms with E-state index in [0.717, 1.165) is 31.2 Å². The number of nitrogens with one attached hydrogen (secondary N) is 1. The number of unbranched alkanes of at least 4 members (excludes halogenated alkanes) is 1. The van der Waals surface area contributed by atoms with E-state index in [-0.39, 0.29) is 24.5 Å². The van der Waals surface area contributed by atoms with Crippen molar-refractivity contribution in [3.63, 3.8) is 0 Å². The molecule has 0 aliphatic heterocycles. The predicted molar refractivity (Wildman–Crippen MR) is 136 cm³/mol. The van der Waals surface area contributed by atoms with Crippen molar-refractivity contribution in [1.29, 1.82) is 0 Å². The van der Waals surface area contributed by atoms with Crippen LogP contribution in [0.3, 0.4) is 0 Å². The van der Waals surface area contributed by atoms with Crippen LogP contribution in [0.5, 0.6) is 5.88 Å². The van der Waals surface area contributed by atoms with Crippen molar-refractivity contribution in [2.24, 2.45) is 5.41 Å². The molecule has 0 bridgehead atoms. The minimum absolute atomic E-state index is 0.0702. The first-order chi connectivity index (χ1) is 17.2. The Morgan fingerprint density at radius 3 is 2.56 bits per heavy atom. The molecular formula is C26H35ClN4O5. The van der Waals surface area contributed by atoms with Gasteiger partial charge in [-0.05, 0) is 43.4 Å². The fraction of sp³-hybridized carbons (Fsp3) is 0.538. The zero-order valence-corrected chi connectivity index (χ0v) is 21.5. The molecule has 3 rings (SSSR count). The number of aliphatic hydroxyl groups excluding tert-OH is 1. The Hall–Kier alpha value is -2.91. The minimum atomic E-state index is -1.50. The summed E-state index contributed by atoms with van der Waals surface area (Å²) in [4.78, 5) is 34.5. The first-order valence-electron chi connectivity index (χ1n) is 12.4. The lowest BCUT2D eigenvalue weighted by Gasteiger charge is -2.46. The molecule has 3 atom stereocenters. The lowest BCUT2D eigenvalue weighted by molar-refractivity contribution is -0.134. The summed E-state index contributed by atoms with van der Waals surface area (Å²) in [6.45, 7) is 4.21. The first-order valence-corrected chi connectivity index (χ1v) is 12.8. The second kappa shape index (κ2) is 12.9. The molecular weight excluding hydrogens is 484 g/mol. The molecule has 10 heteroatoms. The van der Waals surface area contributed by atoms with E-state index in [1.54, 1.807) is 6.07 Å². The van der Waals surface area contributed by atoms with Gasteiger partial charge >= 0.3 is 6.09 Å². The van der Waals surface area contributed by atoms with Gasteiger partial charge in [0.25, 0.3) is 5.91 Å². The van der Waals surface area contributed by atoms with E-state index in [1.165, 1.54) is 11.1 Å². The lowest BCUT2D eigenvalue weighted by Crippen LogP contribution is -2.57. The number of ether oxygens (including phenoxy) is 1. The van der Waals surface area contributed by atoms with Crippen LogP contribution < -0.4 is 10.1 Å². The van der Waals surface area contributed by atoms with Gasteiger partial charge in [-0.15, -0.1) is 0 Å². The summed E-state index contributed by atoms with van der Waals surface area (Å²) in [5.41, 5.74) is 0.460. The smallest absolute Gasteiger partial charge is 0.407 e. The van der Waals surface area contributed by atoms with Crippen molar-refractivity contribution in [1.82, 2.24) is 20.2 Å². The fourth-order valence-corrected chi connectivity index (χ4v) is 4.68. The lowest BCUT2D eigenvalue weighted by atomic mass is 9.68. The monoisotopic (exact) mass is 518 g/mol. The Morgan fingerprint density at radius 1 is 1.25 bits per heavy atom. The summed E-state index contributed by atoms with van der Waals surface area (Å²) in [5.74, 6) is -0.270. The molecule has 0 saturated heterocycles. The maximum Gasteiger partial charge on any atom is 0.407 e. The molecule has 1 saturated carbocycles. The van der Waals surface area contributed by atoms with Crippen molar-refractivity contribution in [3.8, 4) is 5.88 Å². The molecule has 9 nitrogen and oxygen atoms in total. The minimum Gasteiger partial charge on any atom is -0.477 e. The molecule has 196 valence electrons. The average Bonchev–Trinajstić information content (AvgIpc) is 2.84. The van der Waals surface area contributed by atoms with Gasteiger partial charge < -0.3 is 25.2 Å². The van der Waals surface area contributed by atoms with E-state index in [1.807, 2.05) is 44.2 Å². The van der Waals surface area contributed by atoms with Crippen LogP contribution >= 0.6 is 11.6 Å². The summed E-state index contributed by atoms with van der Waals surface area (Å²) in [6, 6.07) is 9.81. The number of rotatable bonds is 13. The summed E-state index contributed by atoms with van der Waals surface area (Å²) in [5, 5.41) is 24.1. The van der Waals surface area contributed by atoms with Crippen LogP contribution in [0.1, 0.15) is 64.0 Å². The third-order valence-electron chi connectivity index (χ3n) is 6.84. The van der Waals surface area contributed by atoms with E-state index >= 15 is 0 Å². The SMILES string of the molecule is CCCC[C@@H](C(O)C(=O)N[C@H](C)c1ccccc1)N(CC1(COc2ccnc(Cl)n2)CCC1)C(=O)O. The van der Waals surface area contributed by atoms with E-state index in [2.05, 4.69) is 15.3 Å². The van der Waals surface area contributed by atoms with Crippen LogP contribution in [0.15, 0.2) is 42.6 Å². The van der Waals surface area contributed by atoms with Crippen LogP contribution in [0.4, 0.5) is 4.79 Å². The van der Waals surface area contributed by atoms with Gasteiger partial charge in [-0.1, -0.05) is 56.5 Å². The largest absolute Gasteiger partial charge is 0.477 e. The maximum atomic E-state index is 13.0. The second-order valence-electron chi connectivity index (χ2n) is 9.51. The number of aromatic nitrogens is 2. The van der Waals surface area contributed by atoms with E-state index in [4.69, 9.17) is 16.3 Å². The standard InChI is InChI=1S/C26H35ClN4O5/c1-3-4-11-20(22(32)23(33)29-18(2)19-9-6-5-7-10-19)31(25(34)35)16-26(13-8-14-26)17-36-21-12-15-28-24(27)30-21/h5-7,9-10,12,15,18,20,22,32H,3-4,8,11,13-14,16-17H2,1-2H3,(H,29,33)(H,34,35)/t18-,20+,22?/m1/s1. The van der Waals surface area contributed by atoms with Gasteiger partial charge in [0.15, 0.2) is 6.10 Å². The zero-order valence-electron chi connectivity index (χ0n) is 20.8. The number of amides is 2. The van der Waals surface area contributed by atoms with Crippen LogP contribution in [0, 0.1) is 5.41 Å². The summed E-state index contributed by atoms with van der Waals surface area (Å²) in [7, 11) is 0. The molecule has 3 N–H and O–H groups in total. The molecule has 0 radical (unpaired) electrons. The third kappa shape index (κ3) is 7.30. The molecule has 1 unspecified atom stereocenters. The summed E-state index contributed by atoms with van der Waals surface area (Å²) >= 11 is 5.84. The summed E-state index contributed by atoms with van der Waals surface area (Å²) in [6.07, 6.45) is 3.15. The molecule has 36 heavy (non-hydrogen) atoms. The number of carboxylic acid groups (broad SMARTS) is 1. The quantitative estimate of drug-likeness (QED) is 0.334. The average molecular weight is 519 g/mol. The zero-order chi connectivity index (χ0) is 26.1. The van der Waals surface area contributed by atoms with Gasteiger partial charge in [-0.25, -0.2) is 9.78 Å². The molecule has 2 aromatic rings. The van der Waals surface area contributed by atoms with Crippen molar-refractivity contribution >= 4 is 23.6 Å². The number of halogens is 1. The molecule has 1 aliphatic carbocycles. The molecule has 1 heterocycles. The second-order valence-corrected chi connectivity index (χ2v) is 9.85. The van der Waals surface area contributed by atoms with Gasteiger partial charge in [-0.3, -0.25) is 4.79 Å². The predicted octanol–water partition coefficient (Wildman–Crippen LogP) is 4.46. The molecule has 0 spiro atoms. The number of benzene rings is 1. The van der Waals surface area contributed by atoms with Gasteiger partial charge in [0.05, 0.1) is 18.7 Å². The van der Waals surface area contributed by atoms with E-state index in [0.29, 0.717) is 18.7 Å². The van der Waals surface area contributed by atoms with Crippen LogP contribution in [-0.2, 0) is 4.79 Å². The third-order valence-corrected chi connectivity index (χ3v) is 7.02. The maximum absolute atomic E-state index is 13.0. The van der Waals surface area contributed by atoms with Crippen LogP contribution in [0.25, 0.3) is 0 Å². The number of hydrogen-bond acceptors (Lipinski definition) is 6. The van der Waals surface area contributed by atoms with Gasteiger partial charge in [-0.2, -0.15) is 4.98 Å². The Bertz CT molecular complexity index is 1000. The molecule has 1 aromatic heterocycles. The van der Waals surface area contributed by atoms with E-state index in [9.17, 15) is 19.8 Å². The normalized spacial score (nSPS) is 16.8. The van der Waals surface area contributed by atoms with Crippen molar-refractivity contribution in [2.75, 3.05) is 13.2 Å². The Kier molecular flexibility index (Phi) is 9.89. The number of hydrogen-bond donors (Lipinski definition) is 3. The van der Waals surface area contributed by atoms with Gasteiger partial charge in [0, 0.05) is 24.2 Å². The van der Waals surface area contributed by atoms with Crippen LogP contribution in [0.2, 0.25) is 5.28 Å². The first kappa shape index (κ1) is 27.7. The number of aliphatic hydroxyl groups is 1. The van der Waals surface area contributed by atoms with Crippen LogP contribution in [-0.4, -0.2) is 62.4 Å². The Labute approximate surface area is 216 Å². The highest BCUT2D eigenvalue weighted by atomic mass is 35.5. The Balaban J connectivity index is 1.73. The molecule has 1 aromatic carbocycles. The highest BCUT2D eigenvalue weighted by molar-refractivity contribution is 6.28. The van der Waals surface area contributed by atoms with Crippen molar-refractivity contribution < 1.29 is 24.5 Å². The van der Waals surface area contributed by atoms with Crippen molar-refractivity contribution in [3.05, 3.63) is 53.4 Å². The van der Waals surface area contributed by atoms with Gasteiger partial charge in [0.2, 0.25) is 11.2 Å². The molecule has 1 aliphatic rings. The highest BCUT2D eigenvalue weighted by Gasteiger charge is 2.44. The van der Waals surface area contributed by atoms with Crippen molar-refractivity contribution in [2.45, 2.75) is 70.6 Å². The number of nitrogens with zero attached hydrogens (tertiary/aromatic N) is 3. The fourth-order valence-electron chi connectivity index (χ4n) is 4.54. The Morgan fingerprint density at radius 2 is 1.97 bits per heavy atom. The molecule has 2 amide bonds. The summed E-state index contributed by atoms with van der Waals surface area (Å²) < 4.78 is 5.85. The van der Waals surface area contributed by atoms with E-state index < -0.39 is 29.6 Å². The van der Waals surface area contributed by atoms with Gasteiger partial charge in [0.1, 0.15) is 0 Å². The molecule has 1 fully saturated rings. The number of carbonyl (C=O) groups excluding carboxylic acids is 1.